The fourth-order valence-corrected chi connectivity index (χ4v) is 6.19. The van der Waals surface area contributed by atoms with Crippen LogP contribution in [0.25, 0.3) is 10.8 Å². The van der Waals surface area contributed by atoms with E-state index in [0.717, 1.165) is 23.1 Å². The van der Waals surface area contributed by atoms with Gasteiger partial charge in [0, 0.05) is 24.8 Å². The van der Waals surface area contributed by atoms with E-state index in [4.69, 9.17) is 4.18 Å². The minimum absolute atomic E-state index is 0.0396. The van der Waals surface area contributed by atoms with Crippen LogP contribution in [0.3, 0.4) is 0 Å². The van der Waals surface area contributed by atoms with Crippen molar-refractivity contribution in [3.63, 3.8) is 0 Å². The molecule has 2 aromatic heterocycles. The molecule has 1 aromatic carbocycles. The Morgan fingerprint density at radius 3 is 1.97 bits per heavy atom. The summed E-state index contributed by atoms with van der Waals surface area (Å²) in [6.07, 6.45) is 3.24. The SMILES string of the molecule is Cc1c(=O)n(C2CC2)cc2c(OS(=O)(=O)c3c(C(C)C)cc(C(C)C)cc3C(C)C)nn(C)c(=O)c12. The van der Waals surface area contributed by atoms with Crippen molar-refractivity contribution in [2.24, 2.45) is 7.05 Å². The summed E-state index contributed by atoms with van der Waals surface area (Å²) in [5, 5.41) is 4.54. The minimum atomic E-state index is -4.33. The second-order valence-electron chi connectivity index (χ2n) is 10.8. The van der Waals surface area contributed by atoms with Crippen LogP contribution in [-0.2, 0) is 17.2 Å². The number of aryl methyl sites for hydroxylation is 2. The molecule has 0 radical (unpaired) electrons. The summed E-state index contributed by atoms with van der Waals surface area (Å²) in [6.45, 7) is 13.6. The Balaban J connectivity index is 1.99. The summed E-state index contributed by atoms with van der Waals surface area (Å²) >= 11 is 0. The quantitative estimate of drug-likeness (QED) is 0.418. The van der Waals surface area contributed by atoms with Crippen LogP contribution in [0.2, 0.25) is 0 Å². The zero-order chi connectivity index (χ0) is 26.7. The van der Waals surface area contributed by atoms with Gasteiger partial charge in [-0.25, -0.2) is 4.68 Å². The fraction of sp³-hybridized carbons (Fsp3) is 0.519. The van der Waals surface area contributed by atoms with Crippen LogP contribution >= 0.6 is 0 Å². The van der Waals surface area contributed by atoms with Crippen LogP contribution in [0.5, 0.6) is 5.88 Å². The predicted molar refractivity (Wildman–Crippen MR) is 141 cm³/mol. The van der Waals surface area contributed by atoms with Gasteiger partial charge >= 0.3 is 10.1 Å². The molecular weight excluding hydrogens is 478 g/mol. The maximum Gasteiger partial charge on any atom is 0.341 e. The third-order valence-corrected chi connectivity index (χ3v) is 8.25. The molecule has 0 saturated heterocycles. The first kappa shape index (κ1) is 26.1. The highest BCUT2D eigenvalue weighted by atomic mass is 32.2. The first-order valence-electron chi connectivity index (χ1n) is 12.5. The van der Waals surface area contributed by atoms with Crippen molar-refractivity contribution < 1.29 is 12.6 Å². The van der Waals surface area contributed by atoms with Crippen LogP contribution < -0.4 is 15.3 Å². The van der Waals surface area contributed by atoms with Crippen LogP contribution in [-0.4, -0.2) is 22.8 Å². The predicted octanol–water partition coefficient (Wildman–Crippen LogP) is 4.88. The fourth-order valence-electron chi connectivity index (χ4n) is 4.61. The molecule has 1 saturated carbocycles. The van der Waals surface area contributed by atoms with E-state index in [1.165, 1.54) is 13.2 Å². The Labute approximate surface area is 212 Å². The maximum absolute atomic E-state index is 13.9. The van der Waals surface area contributed by atoms with Gasteiger partial charge in [-0.2, -0.15) is 8.42 Å². The Morgan fingerprint density at radius 2 is 1.50 bits per heavy atom. The van der Waals surface area contributed by atoms with Crippen LogP contribution in [0, 0.1) is 6.92 Å². The summed E-state index contributed by atoms with van der Waals surface area (Å²) in [6, 6.07) is 3.93. The minimum Gasteiger partial charge on any atom is -0.356 e. The average Bonchev–Trinajstić information content (AvgIpc) is 3.63. The number of hydrogen-bond donors (Lipinski definition) is 0. The van der Waals surface area contributed by atoms with Crippen LogP contribution in [0.4, 0.5) is 0 Å². The average molecular weight is 514 g/mol. The molecule has 0 atom stereocenters. The first-order chi connectivity index (χ1) is 16.7. The van der Waals surface area contributed by atoms with Gasteiger partial charge in [0.25, 0.3) is 17.0 Å². The standard InChI is InChI=1S/C27H35N3O5S/c1-14(2)18-11-20(15(3)4)24(21(12-18)16(5)6)36(33,34)35-25-22-13-30(19-9-10-19)26(31)17(7)23(22)27(32)29(8)28-25/h11-16,19H,9-10H2,1-8H3. The molecular formula is C27H35N3O5S. The Kier molecular flexibility index (Phi) is 6.66. The lowest BCUT2D eigenvalue weighted by atomic mass is 9.89. The number of aromatic nitrogens is 3. The van der Waals surface area contributed by atoms with Gasteiger partial charge in [-0.15, -0.1) is 5.10 Å². The van der Waals surface area contributed by atoms with Gasteiger partial charge < -0.3 is 8.75 Å². The smallest absolute Gasteiger partial charge is 0.341 e. The van der Waals surface area contributed by atoms with Crippen molar-refractivity contribution in [1.29, 1.82) is 0 Å². The molecule has 9 heteroatoms. The molecule has 0 bridgehead atoms. The van der Waals surface area contributed by atoms with Crippen molar-refractivity contribution in [1.82, 2.24) is 14.3 Å². The highest BCUT2D eigenvalue weighted by Gasteiger charge is 2.32. The van der Waals surface area contributed by atoms with Gasteiger partial charge in [0.1, 0.15) is 4.90 Å². The first-order valence-corrected chi connectivity index (χ1v) is 13.9. The maximum atomic E-state index is 13.9. The van der Waals surface area contributed by atoms with Crippen molar-refractivity contribution >= 4 is 20.9 Å². The summed E-state index contributed by atoms with van der Waals surface area (Å²) in [4.78, 5) is 26.0. The molecule has 0 unspecified atom stereocenters. The third-order valence-electron chi connectivity index (χ3n) is 6.91. The normalized spacial score (nSPS) is 14.4. The number of rotatable bonds is 7. The summed E-state index contributed by atoms with van der Waals surface area (Å²) in [7, 11) is -2.91. The largest absolute Gasteiger partial charge is 0.356 e. The third kappa shape index (κ3) is 4.49. The summed E-state index contributed by atoms with van der Waals surface area (Å²) in [5.74, 6) is -0.112. The summed E-state index contributed by atoms with van der Waals surface area (Å²) < 4.78 is 36.2. The van der Waals surface area contributed by atoms with Crippen LogP contribution in [0.15, 0.2) is 32.8 Å². The van der Waals surface area contributed by atoms with Gasteiger partial charge in [0.05, 0.1) is 10.8 Å². The molecule has 1 aliphatic carbocycles. The number of nitrogens with zero attached hydrogens (tertiary/aromatic N) is 3. The second kappa shape index (κ2) is 9.18. The number of pyridine rings is 1. The molecule has 4 rings (SSSR count). The molecule has 8 nitrogen and oxygen atoms in total. The monoisotopic (exact) mass is 513 g/mol. The highest BCUT2D eigenvalue weighted by Crippen LogP contribution is 2.38. The van der Waals surface area contributed by atoms with Gasteiger partial charge in [-0.05, 0) is 54.2 Å². The lowest BCUT2D eigenvalue weighted by Crippen LogP contribution is -2.28. The molecule has 0 amide bonds. The van der Waals surface area contributed by atoms with Gasteiger partial charge in [0.2, 0.25) is 0 Å². The van der Waals surface area contributed by atoms with Crippen molar-refractivity contribution in [3.8, 4) is 5.88 Å². The Bertz CT molecular complexity index is 1550. The van der Waals surface area contributed by atoms with Gasteiger partial charge in [-0.3, -0.25) is 9.59 Å². The molecule has 2 heterocycles. The molecule has 0 aliphatic heterocycles. The zero-order valence-electron chi connectivity index (χ0n) is 22.2. The second-order valence-corrected chi connectivity index (χ2v) is 12.2. The van der Waals surface area contributed by atoms with Crippen molar-refractivity contribution in [3.05, 3.63) is 61.3 Å². The van der Waals surface area contributed by atoms with E-state index < -0.39 is 15.7 Å². The molecule has 36 heavy (non-hydrogen) atoms. The highest BCUT2D eigenvalue weighted by molar-refractivity contribution is 7.87. The molecule has 3 aromatic rings. The van der Waals surface area contributed by atoms with Gasteiger partial charge in [-0.1, -0.05) is 53.7 Å². The van der Waals surface area contributed by atoms with E-state index in [0.29, 0.717) is 11.1 Å². The lowest BCUT2D eigenvalue weighted by molar-refractivity contribution is 0.463. The van der Waals surface area contributed by atoms with E-state index in [9.17, 15) is 18.0 Å². The molecule has 0 N–H and O–H groups in total. The number of hydrogen-bond acceptors (Lipinski definition) is 6. The molecule has 194 valence electrons. The molecule has 1 fully saturated rings. The van der Waals surface area contributed by atoms with Crippen molar-refractivity contribution in [2.75, 3.05) is 0 Å². The van der Waals surface area contributed by atoms with E-state index in [-0.39, 0.29) is 56.5 Å². The zero-order valence-corrected chi connectivity index (χ0v) is 23.1. The summed E-state index contributed by atoms with van der Waals surface area (Å²) in [5.41, 5.74) is 1.97. The van der Waals surface area contributed by atoms with Gasteiger partial charge in [0.15, 0.2) is 0 Å². The van der Waals surface area contributed by atoms with E-state index >= 15 is 0 Å². The topological polar surface area (TPSA) is 100 Å². The van der Waals surface area contributed by atoms with Crippen LogP contribution in [0.1, 0.15) is 100 Å². The number of fused-ring (bicyclic) bond motifs is 1. The van der Waals surface area contributed by atoms with E-state index in [1.807, 2.05) is 39.8 Å². The Hall–Kier alpha value is -2.94. The van der Waals surface area contributed by atoms with Crippen molar-refractivity contribution in [2.45, 2.75) is 90.0 Å². The molecule has 0 spiro atoms. The lowest BCUT2D eigenvalue weighted by Gasteiger charge is -2.22. The van der Waals surface area contributed by atoms with E-state index in [1.54, 1.807) is 11.5 Å². The Morgan fingerprint density at radius 1 is 0.944 bits per heavy atom. The molecule has 1 aliphatic rings. The van der Waals surface area contributed by atoms with E-state index in [2.05, 4.69) is 18.9 Å². The number of benzene rings is 1.